The van der Waals surface area contributed by atoms with E-state index in [1.54, 1.807) is 24.3 Å². The first-order valence-electron chi connectivity index (χ1n) is 8.96. The Hall–Kier alpha value is -2.58. The van der Waals surface area contributed by atoms with Gasteiger partial charge < -0.3 is 0 Å². The highest BCUT2D eigenvalue weighted by Gasteiger charge is 2.41. The van der Waals surface area contributed by atoms with Gasteiger partial charge in [0.25, 0.3) is 5.69 Å². The average Bonchev–Trinajstić information content (AvgIpc) is 2.82. The van der Waals surface area contributed by atoms with Gasteiger partial charge in [-0.25, -0.2) is 8.42 Å². The lowest BCUT2D eigenvalue weighted by Crippen LogP contribution is -2.35. The van der Waals surface area contributed by atoms with Crippen LogP contribution in [0.2, 0.25) is 5.02 Å². The van der Waals surface area contributed by atoms with Gasteiger partial charge in [0.2, 0.25) is 0 Å². The molecule has 9 heteroatoms. The van der Waals surface area contributed by atoms with Gasteiger partial charge in [-0.3, -0.25) is 19.7 Å². The molecule has 1 saturated carbocycles. The number of hydrogen-bond donors (Lipinski definition) is 0. The zero-order valence-corrected chi connectivity index (χ0v) is 16.9. The van der Waals surface area contributed by atoms with Gasteiger partial charge in [-0.05, 0) is 42.7 Å². The van der Waals surface area contributed by atoms with Crippen LogP contribution in [0, 0.1) is 16.0 Å². The van der Waals surface area contributed by atoms with Crippen LogP contribution in [0.1, 0.15) is 24.8 Å². The Morgan fingerprint density at radius 1 is 1.10 bits per heavy atom. The number of rotatable bonds is 5. The van der Waals surface area contributed by atoms with Gasteiger partial charge in [-0.15, -0.1) is 0 Å². The molecule has 1 aliphatic rings. The van der Waals surface area contributed by atoms with E-state index in [4.69, 9.17) is 11.6 Å². The number of nitro benzene ring substituents is 1. The molecule has 0 radical (unpaired) electrons. The summed E-state index contributed by atoms with van der Waals surface area (Å²) in [6.45, 7) is 0. The molecular weight excluding hydrogens is 418 g/mol. The number of non-ortho nitro benzene ring substituents is 1. The summed E-state index contributed by atoms with van der Waals surface area (Å²) < 4.78 is 26.1. The molecule has 0 bridgehead atoms. The van der Waals surface area contributed by atoms with Crippen LogP contribution in [0.5, 0.6) is 0 Å². The largest absolute Gasteiger partial charge is 0.300 e. The van der Waals surface area contributed by atoms with E-state index in [9.17, 15) is 28.1 Å². The number of sulfone groups is 1. The molecule has 0 heterocycles. The van der Waals surface area contributed by atoms with Crippen LogP contribution in [0.4, 0.5) is 5.69 Å². The molecule has 0 amide bonds. The number of carbonyl (C=O) groups excluding carboxylic acids is 2. The highest BCUT2D eigenvalue weighted by atomic mass is 35.5. The maximum Gasteiger partial charge on any atom is 0.269 e. The van der Waals surface area contributed by atoms with Gasteiger partial charge in [-0.2, -0.15) is 0 Å². The van der Waals surface area contributed by atoms with Crippen molar-refractivity contribution in [2.24, 2.45) is 5.92 Å². The van der Waals surface area contributed by atoms with E-state index in [0.29, 0.717) is 11.4 Å². The van der Waals surface area contributed by atoms with Crippen molar-refractivity contribution in [3.8, 4) is 0 Å². The molecule has 2 atom stereocenters. The third kappa shape index (κ3) is 4.71. The number of nitro groups is 1. The molecule has 0 saturated heterocycles. The van der Waals surface area contributed by atoms with Crippen LogP contribution in [0.25, 0.3) is 0 Å². The molecule has 1 fully saturated rings. The molecule has 29 heavy (non-hydrogen) atoms. The van der Waals surface area contributed by atoms with Crippen molar-refractivity contribution in [2.45, 2.75) is 35.8 Å². The Morgan fingerprint density at radius 2 is 1.79 bits per heavy atom. The Bertz CT molecular complexity index is 1060. The van der Waals surface area contributed by atoms with Crippen LogP contribution in [0.3, 0.4) is 0 Å². The van der Waals surface area contributed by atoms with E-state index in [-0.39, 0.29) is 35.6 Å². The summed E-state index contributed by atoms with van der Waals surface area (Å²) in [6, 6.07) is 11.3. The Labute approximate surface area is 172 Å². The minimum atomic E-state index is -4.16. The number of Topliss-reactive ketones (excluding diaryl/α,β-unsaturated/α-hetero) is 2. The maximum atomic E-state index is 13.1. The van der Waals surface area contributed by atoms with Gasteiger partial charge in [0.05, 0.1) is 9.82 Å². The minimum absolute atomic E-state index is 0.128. The zero-order chi connectivity index (χ0) is 21.2. The highest BCUT2D eigenvalue weighted by Crippen LogP contribution is 2.30. The Morgan fingerprint density at radius 3 is 2.41 bits per heavy atom. The van der Waals surface area contributed by atoms with Gasteiger partial charge in [-0.1, -0.05) is 23.7 Å². The minimum Gasteiger partial charge on any atom is -0.300 e. The summed E-state index contributed by atoms with van der Waals surface area (Å²) in [5.74, 6) is -1.42. The van der Waals surface area contributed by atoms with Crippen LogP contribution >= 0.6 is 11.6 Å². The van der Waals surface area contributed by atoms with Crippen LogP contribution in [-0.2, 0) is 25.8 Å². The molecule has 0 N–H and O–H groups in total. The van der Waals surface area contributed by atoms with Gasteiger partial charge in [0, 0.05) is 35.9 Å². The number of halogens is 1. The lowest BCUT2D eigenvalue weighted by Gasteiger charge is -2.19. The maximum absolute atomic E-state index is 13.1. The van der Waals surface area contributed by atoms with Crippen LogP contribution in [-0.4, -0.2) is 30.2 Å². The molecule has 3 rings (SSSR count). The molecule has 2 unspecified atom stereocenters. The smallest absolute Gasteiger partial charge is 0.269 e. The Balaban J connectivity index is 1.92. The second-order valence-electron chi connectivity index (χ2n) is 7.00. The first-order chi connectivity index (χ1) is 13.7. The quantitative estimate of drug-likeness (QED) is 0.403. The molecule has 0 aliphatic heterocycles. The van der Waals surface area contributed by atoms with E-state index in [0.717, 1.165) is 29.8 Å². The third-order valence-corrected chi connectivity index (χ3v) is 7.34. The summed E-state index contributed by atoms with van der Waals surface area (Å²) in [5.41, 5.74) is 0.530. The van der Waals surface area contributed by atoms with E-state index in [1.807, 2.05) is 0 Å². The fourth-order valence-corrected chi connectivity index (χ4v) is 5.45. The second kappa shape index (κ2) is 8.42. The summed E-state index contributed by atoms with van der Waals surface area (Å²) in [4.78, 5) is 35.2. The first kappa shape index (κ1) is 21.1. The van der Waals surface area contributed by atoms with Crippen molar-refractivity contribution >= 4 is 38.7 Å². The molecule has 0 aromatic heterocycles. The second-order valence-corrected chi connectivity index (χ2v) is 9.57. The van der Waals surface area contributed by atoms with E-state index < -0.39 is 31.7 Å². The fraction of sp³-hybridized carbons (Fsp3) is 0.300. The van der Waals surface area contributed by atoms with Crippen molar-refractivity contribution in [3.63, 3.8) is 0 Å². The molecule has 2 aromatic carbocycles. The van der Waals surface area contributed by atoms with Crippen molar-refractivity contribution in [2.75, 3.05) is 0 Å². The molecule has 152 valence electrons. The number of hydrogen-bond acceptors (Lipinski definition) is 6. The predicted octanol–water partition coefficient (Wildman–Crippen LogP) is 3.57. The topological polar surface area (TPSA) is 111 Å². The third-order valence-electron chi connectivity index (χ3n) is 5.03. The monoisotopic (exact) mass is 435 g/mol. The molecule has 7 nitrogen and oxygen atoms in total. The molecule has 0 spiro atoms. The van der Waals surface area contributed by atoms with Crippen LogP contribution < -0.4 is 0 Å². The van der Waals surface area contributed by atoms with Gasteiger partial charge >= 0.3 is 0 Å². The number of ketones is 2. The summed E-state index contributed by atoms with van der Waals surface area (Å²) in [7, 11) is -4.16. The molecule has 1 aliphatic carbocycles. The van der Waals surface area contributed by atoms with Crippen LogP contribution in [0.15, 0.2) is 53.4 Å². The van der Waals surface area contributed by atoms with Gasteiger partial charge in [0.1, 0.15) is 11.0 Å². The highest BCUT2D eigenvalue weighted by molar-refractivity contribution is 7.92. The molecule has 2 aromatic rings. The predicted molar refractivity (Wildman–Crippen MR) is 107 cm³/mol. The van der Waals surface area contributed by atoms with Gasteiger partial charge in [0.15, 0.2) is 15.6 Å². The standard InChI is InChI=1S/C20H18ClNO6S/c21-15-3-1-2-13(11-15)10-14-4-7-17(23)12-19(20(14)24)29(27,28)18-8-5-16(6-9-18)22(25)26/h1-3,5-6,8-9,11,14,19H,4,7,10,12H2. The number of carbonyl (C=O) groups is 2. The van der Waals surface area contributed by atoms with E-state index >= 15 is 0 Å². The Kier molecular flexibility index (Phi) is 6.14. The fourth-order valence-electron chi connectivity index (χ4n) is 3.49. The summed E-state index contributed by atoms with van der Waals surface area (Å²) in [5, 5.41) is 9.80. The molecular formula is C20H18ClNO6S. The van der Waals surface area contributed by atoms with Crippen molar-refractivity contribution in [3.05, 3.63) is 69.2 Å². The number of nitrogens with zero attached hydrogens (tertiary/aromatic N) is 1. The lowest BCUT2D eigenvalue weighted by molar-refractivity contribution is -0.384. The van der Waals surface area contributed by atoms with E-state index in [1.165, 1.54) is 0 Å². The SMILES string of the molecule is O=C1CCC(Cc2cccc(Cl)c2)C(=O)C(S(=O)(=O)c2ccc([N+](=O)[O-])cc2)C1. The normalized spacial score (nSPS) is 20.3. The lowest BCUT2D eigenvalue weighted by atomic mass is 9.91. The first-order valence-corrected chi connectivity index (χ1v) is 10.9. The summed E-state index contributed by atoms with van der Waals surface area (Å²) in [6.07, 6.45) is 0.308. The summed E-state index contributed by atoms with van der Waals surface area (Å²) >= 11 is 5.99. The average molecular weight is 436 g/mol. The number of benzene rings is 2. The van der Waals surface area contributed by atoms with Crippen molar-refractivity contribution < 1.29 is 22.9 Å². The zero-order valence-electron chi connectivity index (χ0n) is 15.3. The van der Waals surface area contributed by atoms with Crippen molar-refractivity contribution in [1.29, 1.82) is 0 Å². The van der Waals surface area contributed by atoms with Crippen molar-refractivity contribution in [1.82, 2.24) is 0 Å². The van der Waals surface area contributed by atoms with E-state index in [2.05, 4.69) is 0 Å².